The van der Waals surface area contributed by atoms with E-state index in [0.717, 1.165) is 44.6 Å². The van der Waals surface area contributed by atoms with E-state index in [1.54, 1.807) is 0 Å². The molecule has 0 saturated carbocycles. The molecule has 4 atom stereocenters. The maximum atomic E-state index is 12.1. The van der Waals surface area contributed by atoms with Crippen molar-refractivity contribution >= 4 is 16.1 Å². The van der Waals surface area contributed by atoms with Crippen LogP contribution in [0.1, 0.15) is 71.1 Å². The van der Waals surface area contributed by atoms with Gasteiger partial charge in [0.05, 0.1) is 6.10 Å². The molecule has 0 aromatic carbocycles. The lowest BCUT2D eigenvalue weighted by Gasteiger charge is -2.14. The van der Waals surface area contributed by atoms with E-state index in [9.17, 15) is 18.3 Å². The summed E-state index contributed by atoms with van der Waals surface area (Å²) in [6.45, 7) is 1.84. The Morgan fingerprint density at radius 3 is 2.20 bits per heavy atom. The molecule has 0 aromatic heterocycles. The quantitative estimate of drug-likeness (QED) is 0.518. The molecular weight excluding hydrogens is 344 g/mol. The molecule has 2 bridgehead atoms. The zero-order valence-electron chi connectivity index (χ0n) is 14.9. The molecule has 2 aliphatic rings. The van der Waals surface area contributed by atoms with Crippen LogP contribution in [0.5, 0.6) is 0 Å². The summed E-state index contributed by atoms with van der Waals surface area (Å²) in [5.74, 6) is -0.584. The van der Waals surface area contributed by atoms with Crippen LogP contribution in [-0.2, 0) is 23.8 Å². The van der Waals surface area contributed by atoms with Gasteiger partial charge in [-0.05, 0) is 26.2 Å². The minimum absolute atomic E-state index is 0.204. The van der Waals surface area contributed by atoms with Crippen LogP contribution in [0.2, 0.25) is 0 Å². The largest absolute Gasteiger partial charge is 0.460 e. The van der Waals surface area contributed by atoms with Crippen molar-refractivity contribution in [2.75, 3.05) is 0 Å². The maximum absolute atomic E-state index is 12.1. The fourth-order valence-electron chi connectivity index (χ4n) is 3.41. The van der Waals surface area contributed by atoms with Gasteiger partial charge < -0.3 is 9.84 Å². The Labute approximate surface area is 150 Å². The van der Waals surface area contributed by atoms with Gasteiger partial charge in [0.15, 0.2) is 0 Å². The maximum Gasteiger partial charge on any atom is 0.330 e. The molecule has 1 N–H and O–H groups in total. The number of rotatable bonds is 0. The van der Waals surface area contributed by atoms with Gasteiger partial charge in [-0.1, -0.05) is 51.0 Å². The number of hydrogen-bond acceptors (Lipinski definition) is 6. The highest BCUT2D eigenvalue weighted by molar-refractivity contribution is 7.87. The smallest absolute Gasteiger partial charge is 0.330 e. The first-order valence-electron chi connectivity index (χ1n) is 9.39. The normalized spacial score (nSPS) is 36.8. The third-order valence-corrected chi connectivity index (χ3v) is 6.52. The number of fused-ring (bicyclic) bond motifs is 2. The van der Waals surface area contributed by atoms with Gasteiger partial charge in [0.25, 0.3) is 10.1 Å². The standard InChI is InChI=1S/C18H30O6S/c1-14-10-8-6-4-2-3-5-7-9-11-15-18(20)16(25(21,22)24-15)12-13-17(19)23-14/h12-16,18,20H,2-11H2,1H3/b13-12+/t14-,15+,16-,18-/m0/s1. The van der Waals surface area contributed by atoms with Crippen molar-refractivity contribution in [3.05, 3.63) is 12.2 Å². The molecule has 0 unspecified atom stereocenters. The van der Waals surface area contributed by atoms with Crippen molar-refractivity contribution in [3.8, 4) is 0 Å². The van der Waals surface area contributed by atoms with Crippen molar-refractivity contribution in [3.63, 3.8) is 0 Å². The Hall–Kier alpha value is -0.920. The molecule has 6 nitrogen and oxygen atoms in total. The molecule has 1 fully saturated rings. The van der Waals surface area contributed by atoms with Gasteiger partial charge >= 0.3 is 5.97 Å². The van der Waals surface area contributed by atoms with Crippen LogP contribution >= 0.6 is 0 Å². The predicted octanol–water partition coefficient (Wildman–Crippen LogP) is 2.85. The van der Waals surface area contributed by atoms with E-state index in [1.807, 2.05) is 6.92 Å². The number of carbonyl (C=O) groups excluding carboxylic acids is 1. The highest BCUT2D eigenvalue weighted by atomic mass is 32.2. The number of ether oxygens (including phenoxy) is 1. The summed E-state index contributed by atoms with van der Waals surface area (Å²) >= 11 is 0. The van der Waals surface area contributed by atoms with Gasteiger partial charge in [-0.3, -0.25) is 4.18 Å². The van der Waals surface area contributed by atoms with Crippen molar-refractivity contribution in [1.29, 1.82) is 0 Å². The monoisotopic (exact) mass is 374 g/mol. The number of aliphatic hydroxyl groups is 1. The highest BCUT2D eigenvalue weighted by Crippen LogP contribution is 2.29. The molecule has 2 rings (SSSR count). The van der Waals surface area contributed by atoms with Crippen LogP contribution < -0.4 is 0 Å². The van der Waals surface area contributed by atoms with Crippen molar-refractivity contribution in [2.24, 2.45) is 0 Å². The van der Waals surface area contributed by atoms with E-state index >= 15 is 0 Å². The molecule has 25 heavy (non-hydrogen) atoms. The molecule has 2 heterocycles. The molecular formula is C18H30O6S. The number of esters is 1. The van der Waals surface area contributed by atoms with Gasteiger partial charge in [-0.2, -0.15) is 8.42 Å². The summed E-state index contributed by atoms with van der Waals surface area (Å²) in [5.41, 5.74) is 0. The Morgan fingerprint density at radius 1 is 1.00 bits per heavy atom. The summed E-state index contributed by atoms with van der Waals surface area (Å²) in [5, 5.41) is 9.06. The van der Waals surface area contributed by atoms with E-state index in [1.165, 1.54) is 25.3 Å². The van der Waals surface area contributed by atoms with Gasteiger partial charge in [0.1, 0.15) is 17.5 Å². The lowest BCUT2D eigenvalue weighted by molar-refractivity contribution is -0.142. The third kappa shape index (κ3) is 6.38. The zero-order valence-corrected chi connectivity index (χ0v) is 15.7. The van der Waals surface area contributed by atoms with Gasteiger partial charge in [-0.25, -0.2) is 4.79 Å². The third-order valence-electron chi connectivity index (χ3n) is 4.90. The van der Waals surface area contributed by atoms with Gasteiger partial charge in [0, 0.05) is 6.08 Å². The fourth-order valence-corrected chi connectivity index (χ4v) is 4.88. The minimum atomic E-state index is -3.90. The Kier molecular flexibility index (Phi) is 7.90. The van der Waals surface area contributed by atoms with Crippen LogP contribution in [0.4, 0.5) is 0 Å². The van der Waals surface area contributed by atoms with Crippen molar-refractivity contribution in [1.82, 2.24) is 0 Å². The zero-order chi connectivity index (χ0) is 18.3. The summed E-state index contributed by atoms with van der Waals surface area (Å²) in [4.78, 5) is 11.9. The number of hydrogen-bond donors (Lipinski definition) is 1. The van der Waals surface area contributed by atoms with Crippen LogP contribution in [0.3, 0.4) is 0 Å². The van der Waals surface area contributed by atoms with Crippen molar-refractivity contribution < 1.29 is 27.2 Å². The average molecular weight is 374 g/mol. The molecule has 0 radical (unpaired) electrons. The lowest BCUT2D eigenvalue weighted by Crippen LogP contribution is -2.30. The van der Waals surface area contributed by atoms with E-state index in [4.69, 9.17) is 8.92 Å². The minimum Gasteiger partial charge on any atom is -0.460 e. The molecule has 1 saturated heterocycles. The second-order valence-corrected chi connectivity index (χ2v) is 8.82. The van der Waals surface area contributed by atoms with Gasteiger partial charge in [-0.15, -0.1) is 0 Å². The van der Waals surface area contributed by atoms with Gasteiger partial charge in [0.2, 0.25) is 0 Å². The molecule has 0 aliphatic carbocycles. The summed E-state index contributed by atoms with van der Waals surface area (Å²) < 4.78 is 34.5. The number of cyclic esters (lactones) is 1. The second-order valence-electron chi connectivity index (χ2n) is 7.10. The molecule has 0 aromatic rings. The summed E-state index contributed by atoms with van der Waals surface area (Å²) in [6.07, 6.45) is 10.2. The van der Waals surface area contributed by atoms with E-state index in [0.29, 0.717) is 6.42 Å². The fraction of sp³-hybridized carbons (Fsp3) is 0.833. The van der Waals surface area contributed by atoms with E-state index in [-0.39, 0.29) is 6.10 Å². The van der Waals surface area contributed by atoms with Crippen LogP contribution in [0, 0.1) is 0 Å². The van der Waals surface area contributed by atoms with E-state index in [2.05, 4.69) is 0 Å². The molecule has 7 heteroatoms. The molecule has 0 amide bonds. The average Bonchev–Trinajstić information content (AvgIpc) is 2.75. The summed E-state index contributed by atoms with van der Waals surface area (Å²) in [6, 6.07) is 0. The molecule has 2 aliphatic heterocycles. The van der Waals surface area contributed by atoms with Crippen LogP contribution in [0.15, 0.2) is 12.2 Å². The second kappa shape index (κ2) is 9.69. The Bertz CT molecular complexity index is 556. The predicted molar refractivity (Wildman–Crippen MR) is 94.5 cm³/mol. The first-order valence-corrected chi connectivity index (χ1v) is 10.9. The SMILES string of the molecule is C[C@H]1CCCCCCCCCC[C@H]2OS(=O)(=O)[C@@H](/C=C/C(=O)O1)[C@H]2O. The van der Waals surface area contributed by atoms with Crippen LogP contribution in [0.25, 0.3) is 0 Å². The first kappa shape index (κ1) is 20.4. The molecule has 144 valence electrons. The lowest BCUT2D eigenvalue weighted by atomic mass is 10.0. The van der Waals surface area contributed by atoms with Crippen LogP contribution in [-0.4, -0.2) is 43.1 Å². The number of carbonyl (C=O) groups is 1. The first-order chi connectivity index (χ1) is 11.9. The summed E-state index contributed by atoms with van der Waals surface area (Å²) in [7, 11) is -3.90. The number of aliphatic hydroxyl groups excluding tert-OH is 1. The Balaban J connectivity index is 2.03. The highest BCUT2D eigenvalue weighted by Gasteiger charge is 2.46. The molecule has 0 spiro atoms. The van der Waals surface area contributed by atoms with E-state index < -0.39 is 33.5 Å². The topological polar surface area (TPSA) is 89.9 Å². The van der Waals surface area contributed by atoms with Crippen molar-refractivity contribution in [2.45, 2.75) is 94.7 Å². The Morgan fingerprint density at radius 2 is 1.56 bits per heavy atom.